The van der Waals surface area contributed by atoms with Crippen LogP contribution in [-0.4, -0.2) is 4.57 Å². The van der Waals surface area contributed by atoms with E-state index in [1.165, 1.54) is 10.8 Å². The predicted octanol–water partition coefficient (Wildman–Crippen LogP) is 15.4. The van der Waals surface area contributed by atoms with Gasteiger partial charge in [0, 0.05) is 66.7 Å². The average Bonchev–Trinajstić information content (AvgIpc) is 3.95. The summed E-state index contributed by atoms with van der Waals surface area (Å²) in [4.78, 5) is 2.34. The Morgan fingerprint density at radius 1 is 0.328 bits per heavy atom. The van der Waals surface area contributed by atoms with Gasteiger partial charge in [0.15, 0.2) is 0 Å². The van der Waals surface area contributed by atoms with Crippen molar-refractivity contribution >= 4 is 82.7 Å². The maximum absolute atomic E-state index is 6.48. The number of benzene rings is 9. The first-order valence-corrected chi connectivity index (χ1v) is 19.7. The topological polar surface area (TPSA) is 34.5 Å². The van der Waals surface area contributed by atoms with E-state index in [9.17, 15) is 0 Å². The number of anilines is 3. The molecule has 0 aliphatic heterocycles. The summed E-state index contributed by atoms with van der Waals surface area (Å²) in [6, 6.07) is 73.3. The van der Waals surface area contributed by atoms with E-state index in [4.69, 9.17) is 8.83 Å². The maximum Gasteiger partial charge on any atom is 0.143 e. The summed E-state index contributed by atoms with van der Waals surface area (Å²) in [5, 5.41) is 6.90. The second kappa shape index (κ2) is 12.9. The highest BCUT2D eigenvalue weighted by atomic mass is 16.3. The van der Waals surface area contributed by atoms with Crippen molar-refractivity contribution < 1.29 is 8.83 Å². The molecule has 0 spiro atoms. The van der Waals surface area contributed by atoms with Gasteiger partial charge >= 0.3 is 0 Å². The maximum atomic E-state index is 6.48. The van der Waals surface area contributed by atoms with Crippen LogP contribution in [0, 0.1) is 0 Å². The van der Waals surface area contributed by atoms with E-state index in [-0.39, 0.29) is 0 Å². The van der Waals surface area contributed by atoms with E-state index in [1.807, 2.05) is 24.3 Å². The lowest BCUT2D eigenvalue weighted by molar-refractivity contribution is 0.669. The standard InChI is InChI=1S/C54H34N2O2/c1-3-14-38(15-4-1)55(39-16-5-2-6-17-39)40-30-37(35-26-28-36(29-27-35)42-21-13-22-46-44-19-8-12-25-52(44)58-54(42)46)31-41(32-40)56-49-23-10-7-18-43(49)47-33-48-45-20-9-11-24-51(45)57-53(48)34-50(47)56/h1-34H. The molecule has 0 bridgehead atoms. The molecule has 9 aromatic carbocycles. The first-order chi connectivity index (χ1) is 28.7. The zero-order valence-corrected chi connectivity index (χ0v) is 31.3. The summed E-state index contributed by atoms with van der Waals surface area (Å²) in [6.45, 7) is 0. The molecule has 4 heteroatoms. The Hall–Kier alpha value is -7.82. The largest absolute Gasteiger partial charge is 0.456 e. The van der Waals surface area contributed by atoms with E-state index in [0.29, 0.717) is 0 Å². The lowest BCUT2D eigenvalue weighted by Crippen LogP contribution is -2.10. The molecule has 0 fully saturated rings. The first kappa shape index (κ1) is 32.4. The Morgan fingerprint density at radius 2 is 0.931 bits per heavy atom. The van der Waals surface area contributed by atoms with E-state index >= 15 is 0 Å². The lowest BCUT2D eigenvalue weighted by Gasteiger charge is -2.27. The Balaban J connectivity index is 1.09. The summed E-state index contributed by atoms with van der Waals surface area (Å²) in [7, 11) is 0. The summed E-state index contributed by atoms with van der Waals surface area (Å²) < 4.78 is 15.3. The monoisotopic (exact) mass is 742 g/mol. The van der Waals surface area contributed by atoms with Crippen molar-refractivity contribution in [1.82, 2.24) is 4.57 Å². The zero-order chi connectivity index (χ0) is 38.2. The van der Waals surface area contributed by atoms with Gasteiger partial charge in [0.2, 0.25) is 0 Å². The van der Waals surface area contributed by atoms with Crippen molar-refractivity contribution in [1.29, 1.82) is 0 Å². The van der Waals surface area contributed by atoms with Crippen molar-refractivity contribution in [3.8, 4) is 27.9 Å². The second-order valence-electron chi connectivity index (χ2n) is 14.9. The average molecular weight is 743 g/mol. The fraction of sp³-hybridized carbons (Fsp3) is 0. The van der Waals surface area contributed by atoms with Gasteiger partial charge in [-0.15, -0.1) is 0 Å². The fourth-order valence-electron chi connectivity index (χ4n) is 8.90. The molecule has 4 nitrogen and oxygen atoms in total. The van der Waals surface area contributed by atoms with Crippen LogP contribution < -0.4 is 4.90 Å². The van der Waals surface area contributed by atoms with Gasteiger partial charge in [-0.25, -0.2) is 0 Å². The van der Waals surface area contributed by atoms with Crippen molar-refractivity contribution in [3.63, 3.8) is 0 Å². The van der Waals surface area contributed by atoms with Gasteiger partial charge in [0.1, 0.15) is 22.3 Å². The highest BCUT2D eigenvalue weighted by Gasteiger charge is 2.20. The zero-order valence-electron chi connectivity index (χ0n) is 31.3. The van der Waals surface area contributed by atoms with Crippen LogP contribution in [0.2, 0.25) is 0 Å². The van der Waals surface area contributed by atoms with Crippen molar-refractivity contribution in [2.75, 3.05) is 4.90 Å². The molecule has 12 rings (SSSR count). The highest BCUT2D eigenvalue weighted by molar-refractivity contribution is 6.17. The number of fused-ring (bicyclic) bond motifs is 9. The van der Waals surface area contributed by atoms with Crippen LogP contribution in [0.3, 0.4) is 0 Å². The number of para-hydroxylation sites is 6. The van der Waals surface area contributed by atoms with Crippen LogP contribution in [0.15, 0.2) is 215 Å². The molecule has 0 amide bonds. The molecule has 0 N–H and O–H groups in total. The molecule has 0 saturated heterocycles. The Morgan fingerprint density at radius 3 is 1.67 bits per heavy atom. The van der Waals surface area contributed by atoms with E-state index in [1.54, 1.807) is 0 Å². The molecule has 12 aromatic rings. The van der Waals surface area contributed by atoms with E-state index < -0.39 is 0 Å². The van der Waals surface area contributed by atoms with Crippen molar-refractivity contribution in [3.05, 3.63) is 206 Å². The van der Waals surface area contributed by atoms with Gasteiger partial charge in [0.25, 0.3) is 0 Å². The van der Waals surface area contributed by atoms with Crippen LogP contribution >= 0.6 is 0 Å². The summed E-state index contributed by atoms with van der Waals surface area (Å²) in [5.74, 6) is 0. The van der Waals surface area contributed by atoms with Gasteiger partial charge in [-0.2, -0.15) is 0 Å². The summed E-state index contributed by atoms with van der Waals surface area (Å²) >= 11 is 0. The Bertz CT molecular complexity index is 3460. The SMILES string of the molecule is c1ccc(N(c2ccccc2)c2cc(-c3ccc(-c4cccc5c4oc4ccccc45)cc3)cc(-n3c4ccccc4c4cc5c(cc43)oc3ccccc35)c2)cc1. The Labute approximate surface area is 334 Å². The minimum Gasteiger partial charge on any atom is -0.456 e. The third-order valence-corrected chi connectivity index (χ3v) is 11.6. The van der Waals surface area contributed by atoms with Crippen LogP contribution in [0.25, 0.3) is 93.6 Å². The normalized spacial score (nSPS) is 11.8. The number of rotatable bonds is 6. The van der Waals surface area contributed by atoms with Crippen molar-refractivity contribution in [2.24, 2.45) is 0 Å². The molecule has 0 aliphatic rings. The number of hydrogen-bond acceptors (Lipinski definition) is 3. The van der Waals surface area contributed by atoms with Gasteiger partial charge in [0.05, 0.1) is 11.0 Å². The van der Waals surface area contributed by atoms with Gasteiger partial charge < -0.3 is 18.3 Å². The molecule has 58 heavy (non-hydrogen) atoms. The molecule has 0 unspecified atom stereocenters. The molecule has 3 aromatic heterocycles. The minimum absolute atomic E-state index is 0.874. The first-order valence-electron chi connectivity index (χ1n) is 19.7. The molecule has 0 atom stereocenters. The molecular weight excluding hydrogens is 709 g/mol. The summed E-state index contributed by atoms with van der Waals surface area (Å²) in [5.41, 5.74) is 14.5. The number of nitrogens with zero attached hydrogens (tertiary/aromatic N) is 2. The minimum atomic E-state index is 0.874. The quantitative estimate of drug-likeness (QED) is 0.170. The number of aromatic nitrogens is 1. The third kappa shape index (κ3) is 5.09. The van der Waals surface area contributed by atoms with Gasteiger partial charge in [-0.3, -0.25) is 0 Å². The van der Waals surface area contributed by atoms with Crippen LogP contribution in [0.5, 0.6) is 0 Å². The third-order valence-electron chi connectivity index (χ3n) is 11.6. The van der Waals surface area contributed by atoms with Crippen LogP contribution in [0.4, 0.5) is 17.1 Å². The number of hydrogen-bond donors (Lipinski definition) is 0. The van der Waals surface area contributed by atoms with Gasteiger partial charge in [-0.05, 0) is 83.4 Å². The lowest BCUT2D eigenvalue weighted by atomic mass is 9.98. The predicted molar refractivity (Wildman–Crippen MR) is 241 cm³/mol. The summed E-state index contributed by atoms with van der Waals surface area (Å²) in [6.07, 6.45) is 0. The van der Waals surface area contributed by atoms with E-state index in [0.717, 1.165) is 99.9 Å². The number of furan rings is 2. The van der Waals surface area contributed by atoms with Crippen molar-refractivity contribution in [2.45, 2.75) is 0 Å². The molecule has 0 saturated carbocycles. The molecule has 0 aliphatic carbocycles. The molecule has 3 heterocycles. The fourth-order valence-corrected chi connectivity index (χ4v) is 8.90. The van der Waals surface area contributed by atoms with Gasteiger partial charge in [-0.1, -0.05) is 133 Å². The van der Waals surface area contributed by atoms with E-state index in [2.05, 4.69) is 191 Å². The molecule has 0 radical (unpaired) electrons. The second-order valence-corrected chi connectivity index (χ2v) is 14.9. The Kier molecular flexibility index (Phi) is 7.20. The van der Waals surface area contributed by atoms with Crippen LogP contribution in [0.1, 0.15) is 0 Å². The smallest absolute Gasteiger partial charge is 0.143 e. The molecule has 272 valence electrons. The van der Waals surface area contributed by atoms with Crippen LogP contribution in [-0.2, 0) is 0 Å². The highest BCUT2D eigenvalue weighted by Crippen LogP contribution is 2.43. The molecular formula is C54H34N2O2.